The van der Waals surface area contributed by atoms with E-state index in [-0.39, 0.29) is 17.4 Å². The Balaban J connectivity index is 1.25. The lowest BCUT2D eigenvalue weighted by molar-refractivity contribution is -0.0885. The maximum absolute atomic E-state index is 13.4. The van der Waals surface area contributed by atoms with Crippen molar-refractivity contribution < 1.29 is 27.5 Å². The van der Waals surface area contributed by atoms with E-state index in [0.29, 0.717) is 24.5 Å². The number of aryl methyl sites for hydroxylation is 2. The highest BCUT2D eigenvalue weighted by molar-refractivity contribution is 6.00. The van der Waals surface area contributed by atoms with Gasteiger partial charge in [0.15, 0.2) is 0 Å². The van der Waals surface area contributed by atoms with Gasteiger partial charge in [-0.1, -0.05) is 48.5 Å². The average molecular weight is 594 g/mol. The number of aromatic nitrogens is 1. The minimum atomic E-state index is -4.92. The normalized spacial score (nSPS) is 18.7. The van der Waals surface area contributed by atoms with Crippen LogP contribution in [0, 0.1) is 19.8 Å². The molecule has 6 nitrogen and oxygen atoms in total. The van der Waals surface area contributed by atoms with Gasteiger partial charge in [0.2, 0.25) is 5.88 Å². The number of rotatable bonds is 7. The maximum atomic E-state index is 13.4. The SMILES string of the molecule is Cc1cccc(C)c1C(=O)N1CCC(C)(N2CCC(C(Oc3ccccn3)c3ccc(C(=O)C(F)(F)F)cc3)CC2)CC1. The molecule has 0 N–H and O–H groups in total. The summed E-state index contributed by atoms with van der Waals surface area (Å²) in [6.45, 7) is 9.36. The molecular formula is C34H38F3N3O3. The molecule has 3 aromatic rings. The lowest BCUT2D eigenvalue weighted by Crippen LogP contribution is -2.56. The predicted octanol–water partition coefficient (Wildman–Crippen LogP) is 6.97. The fourth-order valence-electron chi connectivity index (χ4n) is 6.53. The van der Waals surface area contributed by atoms with E-state index in [1.807, 2.05) is 43.0 Å². The first-order valence-corrected chi connectivity index (χ1v) is 14.9. The number of alkyl halides is 3. The molecule has 0 bridgehead atoms. The Labute approximate surface area is 250 Å². The summed E-state index contributed by atoms with van der Waals surface area (Å²) in [5.41, 5.74) is 3.11. The molecule has 0 radical (unpaired) electrons. The van der Waals surface area contributed by atoms with E-state index in [2.05, 4.69) is 16.8 Å². The Morgan fingerprint density at radius 2 is 1.53 bits per heavy atom. The lowest BCUT2D eigenvalue weighted by Gasteiger charge is -2.50. The highest BCUT2D eigenvalue weighted by Crippen LogP contribution is 2.39. The molecule has 2 aliphatic rings. The quantitative estimate of drug-likeness (QED) is 0.277. The first-order chi connectivity index (χ1) is 20.5. The van der Waals surface area contributed by atoms with Crippen LogP contribution in [-0.4, -0.2) is 64.4 Å². The van der Waals surface area contributed by atoms with Crippen LogP contribution in [0.3, 0.4) is 0 Å². The number of benzene rings is 2. The number of hydrogen-bond donors (Lipinski definition) is 0. The number of carbonyl (C=O) groups is 2. The third-order valence-electron chi connectivity index (χ3n) is 9.20. The molecule has 228 valence electrons. The fraction of sp³-hybridized carbons (Fsp3) is 0.441. The number of ketones is 1. The third kappa shape index (κ3) is 6.77. The molecule has 2 fully saturated rings. The molecule has 1 atom stereocenters. The van der Waals surface area contributed by atoms with Crippen LogP contribution in [0.4, 0.5) is 13.2 Å². The van der Waals surface area contributed by atoms with Gasteiger partial charge in [-0.2, -0.15) is 13.2 Å². The number of ether oxygens (including phenoxy) is 1. The predicted molar refractivity (Wildman–Crippen MR) is 158 cm³/mol. The van der Waals surface area contributed by atoms with Gasteiger partial charge < -0.3 is 9.64 Å². The van der Waals surface area contributed by atoms with Crippen LogP contribution in [0.5, 0.6) is 5.88 Å². The Hall–Kier alpha value is -3.72. The van der Waals surface area contributed by atoms with E-state index in [0.717, 1.165) is 55.5 Å². The van der Waals surface area contributed by atoms with Crippen LogP contribution in [-0.2, 0) is 0 Å². The van der Waals surface area contributed by atoms with Gasteiger partial charge in [0, 0.05) is 47.9 Å². The van der Waals surface area contributed by atoms with Crippen molar-refractivity contribution in [1.29, 1.82) is 0 Å². The summed E-state index contributed by atoms with van der Waals surface area (Å²) in [7, 11) is 0. The number of likely N-dealkylation sites (tertiary alicyclic amines) is 2. The Bertz CT molecular complexity index is 1410. The molecule has 9 heteroatoms. The van der Waals surface area contributed by atoms with Gasteiger partial charge in [0.05, 0.1) is 0 Å². The highest BCUT2D eigenvalue weighted by atomic mass is 19.4. The molecular weight excluding hydrogens is 555 g/mol. The fourth-order valence-corrected chi connectivity index (χ4v) is 6.53. The number of piperidine rings is 2. The summed E-state index contributed by atoms with van der Waals surface area (Å²) >= 11 is 0. The summed E-state index contributed by atoms with van der Waals surface area (Å²) in [6.07, 6.45) is -0.261. The van der Waals surface area contributed by atoms with Crippen molar-refractivity contribution in [2.24, 2.45) is 5.92 Å². The molecule has 2 aromatic carbocycles. The van der Waals surface area contributed by atoms with Crippen molar-refractivity contribution in [2.75, 3.05) is 26.2 Å². The van der Waals surface area contributed by atoms with Crippen molar-refractivity contribution in [2.45, 2.75) is 64.3 Å². The van der Waals surface area contributed by atoms with E-state index in [1.54, 1.807) is 30.5 Å². The van der Waals surface area contributed by atoms with Crippen LogP contribution in [0.15, 0.2) is 66.9 Å². The van der Waals surface area contributed by atoms with Gasteiger partial charge in [-0.3, -0.25) is 14.5 Å². The Morgan fingerprint density at radius 1 is 0.907 bits per heavy atom. The van der Waals surface area contributed by atoms with Crippen LogP contribution >= 0.6 is 0 Å². The van der Waals surface area contributed by atoms with E-state index in [4.69, 9.17) is 4.74 Å². The van der Waals surface area contributed by atoms with Crippen LogP contribution < -0.4 is 4.74 Å². The topological polar surface area (TPSA) is 62.7 Å². The minimum Gasteiger partial charge on any atom is -0.469 e. The molecule has 1 amide bonds. The molecule has 1 aromatic heterocycles. The van der Waals surface area contributed by atoms with Gasteiger partial charge in [-0.15, -0.1) is 0 Å². The van der Waals surface area contributed by atoms with Crippen molar-refractivity contribution in [3.05, 3.63) is 94.7 Å². The van der Waals surface area contributed by atoms with E-state index < -0.39 is 23.6 Å². The second kappa shape index (κ2) is 12.5. The second-order valence-corrected chi connectivity index (χ2v) is 12.0. The summed E-state index contributed by atoms with van der Waals surface area (Å²) in [5, 5.41) is 0. The van der Waals surface area contributed by atoms with E-state index in [9.17, 15) is 22.8 Å². The largest absolute Gasteiger partial charge is 0.469 e. The summed E-state index contributed by atoms with van der Waals surface area (Å²) in [6, 6.07) is 16.9. The monoisotopic (exact) mass is 593 g/mol. The average Bonchev–Trinajstić information content (AvgIpc) is 3.00. The van der Waals surface area contributed by atoms with Crippen molar-refractivity contribution in [3.8, 4) is 5.88 Å². The first kappa shape index (κ1) is 30.7. The number of carbonyl (C=O) groups excluding carboxylic acids is 2. The van der Waals surface area contributed by atoms with Gasteiger partial charge in [-0.25, -0.2) is 4.98 Å². The molecule has 3 heterocycles. The van der Waals surface area contributed by atoms with Gasteiger partial charge in [0.25, 0.3) is 11.7 Å². The maximum Gasteiger partial charge on any atom is 0.454 e. The zero-order valence-corrected chi connectivity index (χ0v) is 24.9. The number of Topliss-reactive ketones (excluding diaryl/α,β-unsaturated/α-hetero) is 1. The molecule has 2 saturated heterocycles. The first-order valence-electron chi connectivity index (χ1n) is 14.9. The molecule has 0 saturated carbocycles. The van der Waals surface area contributed by atoms with E-state index in [1.165, 1.54) is 12.1 Å². The molecule has 5 rings (SSSR count). The molecule has 2 aliphatic heterocycles. The van der Waals surface area contributed by atoms with Crippen molar-refractivity contribution >= 4 is 11.7 Å². The number of halogens is 3. The van der Waals surface area contributed by atoms with Crippen molar-refractivity contribution in [1.82, 2.24) is 14.8 Å². The Kier molecular flexibility index (Phi) is 8.92. The molecule has 0 spiro atoms. The number of amides is 1. The second-order valence-electron chi connectivity index (χ2n) is 12.0. The van der Waals surface area contributed by atoms with Crippen LogP contribution in [0.1, 0.15) is 76.1 Å². The standard InChI is InChI=1S/C34H38F3N3O3/c1-23-7-6-8-24(2)29(23)32(42)39-21-16-33(3,17-22-39)40-19-14-26(15-20-40)30(43-28-9-4-5-18-38-28)25-10-12-27(13-11-25)31(41)34(35,36)37/h4-13,18,26,30H,14-17,19-22H2,1-3H3. The van der Waals surface area contributed by atoms with Gasteiger partial charge >= 0.3 is 6.18 Å². The highest BCUT2D eigenvalue weighted by Gasteiger charge is 2.41. The van der Waals surface area contributed by atoms with Crippen LogP contribution in [0.2, 0.25) is 0 Å². The van der Waals surface area contributed by atoms with E-state index >= 15 is 0 Å². The zero-order chi connectivity index (χ0) is 30.8. The molecule has 1 unspecified atom stereocenters. The zero-order valence-electron chi connectivity index (χ0n) is 24.9. The summed E-state index contributed by atoms with van der Waals surface area (Å²) in [5.74, 6) is -1.20. The summed E-state index contributed by atoms with van der Waals surface area (Å²) < 4.78 is 45.2. The van der Waals surface area contributed by atoms with Crippen LogP contribution in [0.25, 0.3) is 0 Å². The lowest BCUT2D eigenvalue weighted by atomic mass is 9.81. The number of nitrogens with zero attached hydrogens (tertiary/aromatic N) is 3. The minimum absolute atomic E-state index is 0.0283. The Morgan fingerprint density at radius 3 is 2.09 bits per heavy atom. The van der Waals surface area contributed by atoms with Gasteiger partial charge in [0.1, 0.15) is 6.10 Å². The molecule has 43 heavy (non-hydrogen) atoms. The number of pyridine rings is 1. The smallest absolute Gasteiger partial charge is 0.454 e. The number of hydrogen-bond acceptors (Lipinski definition) is 5. The van der Waals surface area contributed by atoms with Gasteiger partial charge in [-0.05, 0) is 82.3 Å². The summed E-state index contributed by atoms with van der Waals surface area (Å²) in [4.78, 5) is 33.9. The van der Waals surface area contributed by atoms with Crippen molar-refractivity contribution in [3.63, 3.8) is 0 Å². The molecule has 0 aliphatic carbocycles. The third-order valence-corrected chi connectivity index (χ3v) is 9.20.